The number of allylic oxidation sites excluding steroid dienone is 2. The molecule has 0 spiro atoms. The highest BCUT2D eigenvalue weighted by Crippen LogP contribution is 2.62. The monoisotopic (exact) mass is 478 g/mol. The van der Waals surface area contributed by atoms with Crippen LogP contribution >= 0.6 is 0 Å². The summed E-state index contributed by atoms with van der Waals surface area (Å²) in [4.78, 5) is 39.5. The van der Waals surface area contributed by atoms with Crippen molar-refractivity contribution in [3.05, 3.63) is 58.7 Å². The molecule has 188 valence electrons. The molecule has 5 heteroatoms. The molecular weight excluding hydrogens is 440 g/mol. The van der Waals surface area contributed by atoms with Crippen LogP contribution in [0.2, 0.25) is 0 Å². The van der Waals surface area contributed by atoms with Gasteiger partial charge in [-0.25, -0.2) is 4.79 Å². The predicted octanol–water partition coefficient (Wildman–Crippen LogP) is 6.01. The Morgan fingerprint density at radius 2 is 1.66 bits per heavy atom. The molecule has 0 bridgehead atoms. The second kappa shape index (κ2) is 9.07. The number of carbonyl (C=O) groups excluding carboxylic acids is 3. The van der Waals surface area contributed by atoms with Gasteiger partial charge in [0.05, 0.1) is 11.5 Å². The van der Waals surface area contributed by atoms with E-state index in [9.17, 15) is 14.4 Å². The van der Waals surface area contributed by atoms with Crippen LogP contribution in [0, 0.1) is 36.0 Å². The molecule has 1 aromatic carbocycles. The molecule has 0 aromatic heterocycles. The van der Waals surface area contributed by atoms with E-state index in [2.05, 4.69) is 26.8 Å². The standard InChI is InChI=1S/C30H38O5/c1-17-8-11-22(12-9-17)28(33)34-26-20(4)16-30(35-21(5)31)25(26)14-18(2)10-13-23-24(29(23,6)7)15-19(3)27(30)32/h8-9,11-12,14-15,20,23-26H,10,13,16H2,1-7H3/b18-14+,19-15+/t20-,23-,24+,25-,26-,30+/m0/s1. The van der Waals surface area contributed by atoms with E-state index in [0.29, 0.717) is 29.4 Å². The van der Waals surface area contributed by atoms with Gasteiger partial charge in [-0.15, -0.1) is 0 Å². The van der Waals surface area contributed by atoms with Crippen molar-refractivity contribution in [3.63, 3.8) is 0 Å². The summed E-state index contributed by atoms with van der Waals surface area (Å²) in [6.07, 6.45) is 5.79. The van der Waals surface area contributed by atoms with Gasteiger partial charge in [0.25, 0.3) is 0 Å². The quantitative estimate of drug-likeness (QED) is 0.393. The van der Waals surface area contributed by atoms with Crippen molar-refractivity contribution in [1.29, 1.82) is 0 Å². The molecule has 0 aliphatic heterocycles. The first kappa shape index (κ1) is 25.4. The topological polar surface area (TPSA) is 69.7 Å². The molecule has 2 saturated carbocycles. The number of Topliss-reactive ketones (excluding diaryl/α,β-unsaturated/α-hetero) is 1. The van der Waals surface area contributed by atoms with E-state index in [4.69, 9.17) is 9.47 Å². The summed E-state index contributed by atoms with van der Waals surface area (Å²) in [5, 5.41) is 0. The fourth-order valence-corrected chi connectivity index (χ4v) is 6.43. The van der Waals surface area contributed by atoms with Gasteiger partial charge in [-0.2, -0.15) is 0 Å². The summed E-state index contributed by atoms with van der Waals surface area (Å²) in [6.45, 7) is 13.7. The van der Waals surface area contributed by atoms with Crippen LogP contribution in [-0.4, -0.2) is 29.4 Å². The zero-order valence-corrected chi connectivity index (χ0v) is 22.0. The smallest absolute Gasteiger partial charge is 0.338 e. The van der Waals surface area contributed by atoms with Gasteiger partial charge in [-0.1, -0.05) is 56.2 Å². The largest absolute Gasteiger partial charge is 0.458 e. The molecular formula is C30H38O5. The lowest BCUT2D eigenvalue weighted by Gasteiger charge is -2.34. The number of rotatable bonds is 3. The zero-order chi connectivity index (χ0) is 25.7. The fourth-order valence-electron chi connectivity index (χ4n) is 6.43. The second-order valence-electron chi connectivity index (χ2n) is 11.6. The molecule has 0 N–H and O–H groups in total. The van der Waals surface area contributed by atoms with Gasteiger partial charge >= 0.3 is 11.9 Å². The van der Waals surface area contributed by atoms with E-state index in [1.807, 2.05) is 39.0 Å². The van der Waals surface area contributed by atoms with Crippen LogP contribution in [0.4, 0.5) is 0 Å². The third-order valence-corrected chi connectivity index (χ3v) is 8.56. The normalized spacial score (nSPS) is 36.9. The fraction of sp³-hybridized carbons (Fsp3) is 0.567. The number of ketones is 1. The minimum atomic E-state index is -1.38. The number of hydrogen-bond acceptors (Lipinski definition) is 5. The van der Waals surface area contributed by atoms with Gasteiger partial charge in [-0.3, -0.25) is 9.59 Å². The molecule has 3 aliphatic rings. The molecule has 1 aromatic rings. The van der Waals surface area contributed by atoms with Crippen LogP contribution in [-0.2, 0) is 19.1 Å². The van der Waals surface area contributed by atoms with Crippen molar-refractivity contribution in [2.24, 2.45) is 29.1 Å². The van der Waals surface area contributed by atoms with Crippen molar-refractivity contribution in [2.45, 2.75) is 79.4 Å². The van der Waals surface area contributed by atoms with Gasteiger partial charge in [0, 0.05) is 13.3 Å². The molecule has 4 rings (SSSR count). The summed E-state index contributed by atoms with van der Waals surface area (Å²) >= 11 is 0. The first-order valence-corrected chi connectivity index (χ1v) is 12.7. The number of carbonyl (C=O) groups is 3. The van der Waals surface area contributed by atoms with Gasteiger partial charge in [-0.05, 0) is 74.5 Å². The predicted molar refractivity (Wildman–Crippen MR) is 135 cm³/mol. The maximum atomic E-state index is 14.1. The highest BCUT2D eigenvalue weighted by Gasteiger charge is 2.61. The summed E-state index contributed by atoms with van der Waals surface area (Å²) in [6, 6.07) is 7.25. The zero-order valence-electron chi connectivity index (χ0n) is 22.0. The molecule has 0 unspecified atom stereocenters. The molecule has 0 radical (unpaired) electrons. The SMILES string of the molecule is CC(=O)O[C@]12C[C@H](C)[C@H](OC(=O)c3ccc(C)cc3)[C@@H]1/C=C(\C)CC[C@H]1[C@@H](/C=C(\C)C2=O)C1(C)C. The lowest BCUT2D eigenvalue weighted by Crippen LogP contribution is -2.48. The summed E-state index contributed by atoms with van der Waals surface area (Å²) in [5.41, 5.74) is 2.05. The first-order valence-electron chi connectivity index (χ1n) is 12.7. The molecule has 35 heavy (non-hydrogen) atoms. The Morgan fingerprint density at radius 3 is 2.29 bits per heavy atom. The van der Waals surface area contributed by atoms with E-state index in [1.54, 1.807) is 12.1 Å². The van der Waals surface area contributed by atoms with E-state index >= 15 is 0 Å². The van der Waals surface area contributed by atoms with Crippen molar-refractivity contribution in [3.8, 4) is 0 Å². The number of fused-ring (bicyclic) bond motifs is 2. The molecule has 6 atom stereocenters. The Kier molecular flexibility index (Phi) is 6.58. The number of esters is 2. The van der Waals surface area contributed by atoms with Gasteiger partial charge in [0.2, 0.25) is 5.78 Å². The molecule has 0 saturated heterocycles. The van der Waals surface area contributed by atoms with Gasteiger partial charge < -0.3 is 9.47 Å². The number of aryl methyl sites for hydroxylation is 1. The second-order valence-corrected chi connectivity index (χ2v) is 11.6. The van der Waals surface area contributed by atoms with E-state index < -0.39 is 29.6 Å². The Labute approximate surface area is 209 Å². The van der Waals surface area contributed by atoms with Crippen molar-refractivity contribution in [1.82, 2.24) is 0 Å². The lowest BCUT2D eigenvalue weighted by atomic mass is 9.81. The van der Waals surface area contributed by atoms with Crippen LogP contribution in [0.1, 0.15) is 76.7 Å². The molecule has 0 heterocycles. The van der Waals surface area contributed by atoms with Crippen LogP contribution in [0.15, 0.2) is 47.6 Å². The minimum Gasteiger partial charge on any atom is -0.458 e. The van der Waals surface area contributed by atoms with Crippen molar-refractivity contribution in [2.75, 3.05) is 0 Å². The molecule has 3 aliphatic carbocycles. The molecule has 2 fully saturated rings. The molecule has 5 nitrogen and oxygen atoms in total. The number of hydrogen-bond donors (Lipinski definition) is 0. The minimum absolute atomic E-state index is 0.157. The third-order valence-electron chi connectivity index (χ3n) is 8.56. The number of ether oxygens (including phenoxy) is 2. The van der Waals surface area contributed by atoms with E-state index in [0.717, 1.165) is 24.0 Å². The van der Waals surface area contributed by atoms with Crippen molar-refractivity contribution < 1.29 is 23.9 Å². The lowest BCUT2D eigenvalue weighted by molar-refractivity contribution is -0.168. The highest BCUT2D eigenvalue weighted by atomic mass is 16.6. The Hall–Kier alpha value is -2.69. The first-order chi connectivity index (χ1) is 16.4. The summed E-state index contributed by atoms with van der Waals surface area (Å²) in [5.74, 6) is -0.963. The maximum absolute atomic E-state index is 14.1. The van der Waals surface area contributed by atoms with E-state index in [1.165, 1.54) is 6.92 Å². The van der Waals surface area contributed by atoms with Crippen LogP contribution in [0.25, 0.3) is 0 Å². The highest BCUT2D eigenvalue weighted by molar-refractivity contribution is 6.03. The van der Waals surface area contributed by atoms with Crippen LogP contribution in [0.5, 0.6) is 0 Å². The Balaban J connectivity index is 1.76. The maximum Gasteiger partial charge on any atom is 0.338 e. The van der Waals surface area contributed by atoms with E-state index in [-0.39, 0.29) is 17.1 Å². The molecule has 0 amide bonds. The number of benzene rings is 1. The Morgan fingerprint density at radius 1 is 1.00 bits per heavy atom. The average Bonchev–Trinajstić information content (AvgIpc) is 3.19. The summed E-state index contributed by atoms with van der Waals surface area (Å²) < 4.78 is 12.0. The van der Waals surface area contributed by atoms with Crippen molar-refractivity contribution >= 4 is 17.7 Å². The third kappa shape index (κ3) is 4.62. The van der Waals surface area contributed by atoms with Crippen LogP contribution < -0.4 is 0 Å². The average molecular weight is 479 g/mol. The van der Waals surface area contributed by atoms with Gasteiger partial charge in [0.15, 0.2) is 5.60 Å². The van der Waals surface area contributed by atoms with Crippen LogP contribution in [0.3, 0.4) is 0 Å². The van der Waals surface area contributed by atoms with Gasteiger partial charge in [0.1, 0.15) is 6.10 Å². The Bertz CT molecular complexity index is 1090. The summed E-state index contributed by atoms with van der Waals surface area (Å²) in [7, 11) is 0.